The van der Waals surface area contributed by atoms with Crippen LogP contribution in [0.5, 0.6) is 0 Å². The van der Waals surface area contributed by atoms with Gasteiger partial charge in [-0.1, -0.05) is 23.2 Å². The molecule has 0 radical (unpaired) electrons. The average molecular weight is 265 g/mol. The normalized spacial score (nSPS) is 20.9. The van der Waals surface area contributed by atoms with Crippen molar-refractivity contribution < 1.29 is 13.9 Å². The highest BCUT2D eigenvalue weighted by Gasteiger charge is 2.24. The van der Waals surface area contributed by atoms with Crippen molar-refractivity contribution in [3.05, 3.63) is 33.6 Å². The van der Waals surface area contributed by atoms with Crippen LogP contribution in [-0.4, -0.2) is 19.3 Å². The molecule has 0 N–H and O–H groups in total. The summed E-state index contributed by atoms with van der Waals surface area (Å²) in [7, 11) is 0. The van der Waals surface area contributed by atoms with Crippen molar-refractivity contribution in [2.24, 2.45) is 0 Å². The van der Waals surface area contributed by atoms with E-state index in [1.54, 1.807) is 0 Å². The molecule has 16 heavy (non-hydrogen) atoms. The third-order valence-corrected chi connectivity index (χ3v) is 3.03. The number of epoxide rings is 1. The van der Waals surface area contributed by atoms with Crippen molar-refractivity contribution in [1.29, 1.82) is 0 Å². The van der Waals surface area contributed by atoms with Gasteiger partial charge < -0.3 is 9.47 Å². The van der Waals surface area contributed by atoms with Crippen molar-refractivity contribution in [2.45, 2.75) is 19.1 Å². The van der Waals surface area contributed by atoms with Crippen LogP contribution in [0.3, 0.4) is 0 Å². The summed E-state index contributed by atoms with van der Waals surface area (Å²) in [5.41, 5.74) is 0.601. The number of hydrogen-bond acceptors (Lipinski definition) is 2. The van der Waals surface area contributed by atoms with Gasteiger partial charge in [-0.3, -0.25) is 0 Å². The maximum atomic E-state index is 13.3. The van der Waals surface area contributed by atoms with Gasteiger partial charge in [0.15, 0.2) is 0 Å². The zero-order valence-electron chi connectivity index (χ0n) is 8.67. The largest absolute Gasteiger partial charge is 0.371 e. The quantitative estimate of drug-likeness (QED) is 0.612. The molecule has 1 aromatic rings. The molecule has 88 valence electrons. The summed E-state index contributed by atoms with van der Waals surface area (Å²) >= 11 is 11.6. The Morgan fingerprint density at radius 2 is 2.19 bits per heavy atom. The lowest BCUT2D eigenvalue weighted by Crippen LogP contribution is -2.07. The van der Waals surface area contributed by atoms with Crippen LogP contribution in [0.15, 0.2) is 12.1 Å². The Bertz CT molecular complexity index is 394. The van der Waals surface area contributed by atoms with E-state index in [1.165, 1.54) is 12.1 Å². The Morgan fingerprint density at radius 3 is 2.81 bits per heavy atom. The van der Waals surface area contributed by atoms with E-state index in [4.69, 9.17) is 32.7 Å². The van der Waals surface area contributed by atoms with Gasteiger partial charge in [0.25, 0.3) is 0 Å². The topological polar surface area (TPSA) is 21.8 Å². The Kier molecular flexibility index (Phi) is 3.70. The smallest absolute Gasteiger partial charge is 0.142 e. The van der Waals surface area contributed by atoms with Gasteiger partial charge in [0, 0.05) is 10.6 Å². The molecule has 0 saturated carbocycles. The summed E-state index contributed by atoms with van der Waals surface area (Å²) in [6.07, 6.45) is -0.0955. The summed E-state index contributed by atoms with van der Waals surface area (Å²) in [6.45, 7) is 3.05. The molecule has 1 fully saturated rings. The number of benzene rings is 1. The van der Waals surface area contributed by atoms with Gasteiger partial charge in [0.1, 0.15) is 11.9 Å². The standard InChI is InChI=1S/C11H11Cl2FO2/c1-6(15-4-7-5-16-7)8-2-11(14)10(13)3-9(8)12/h2-3,6-7H,4-5H2,1H3. The van der Waals surface area contributed by atoms with E-state index in [0.29, 0.717) is 17.2 Å². The summed E-state index contributed by atoms with van der Waals surface area (Å²) in [5, 5.41) is 0.432. The molecule has 0 aliphatic carbocycles. The minimum absolute atomic E-state index is 0.0199. The van der Waals surface area contributed by atoms with Crippen molar-refractivity contribution >= 4 is 23.2 Å². The minimum atomic E-state index is -0.487. The predicted molar refractivity (Wildman–Crippen MR) is 60.5 cm³/mol. The van der Waals surface area contributed by atoms with E-state index in [0.717, 1.165) is 6.61 Å². The van der Waals surface area contributed by atoms with Crippen LogP contribution in [0.2, 0.25) is 10.0 Å². The SMILES string of the molecule is CC(OCC1CO1)c1cc(F)c(Cl)cc1Cl. The van der Waals surface area contributed by atoms with E-state index < -0.39 is 5.82 Å². The van der Waals surface area contributed by atoms with E-state index in [2.05, 4.69) is 0 Å². The molecule has 0 amide bonds. The highest BCUT2D eigenvalue weighted by Crippen LogP contribution is 2.30. The summed E-state index contributed by atoms with van der Waals surface area (Å²) < 4.78 is 23.8. The molecule has 1 aliphatic rings. The van der Waals surface area contributed by atoms with Crippen molar-refractivity contribution in [1.82, 2.24) is 0 Å². The Labute approximate surface area is 103 Å². The zero-order valence-corrected chi connectivity index (χ0v) is 10.2. The molecule has 1 aromatic carbocycles. The minimum Gasteiger partial charge on any atom is -0.371 e. The lowest BCUT2D eigenvalue weighted by atomic mass is 10.1. The maximum absolute atomic E-state index is 13.3. The van der Waals surface area contributed by atoms with Crippen molar-refractivity contribution in [3.63, 3.8) is 0 Å². The first-order valence-corrected chi connectivity index (χ1v) is 5.71. The molecule has 2 rings (SSSR count). The lowest BCUT2D eigenvalue weighted by molar-refractivity contribution is 0.0538. The molecule has 2 unspecified atom stereocenters. The third-order valence-electron chi connectivity index (χ3n) is 2.41. The van der Waals surface area contributed by atoms with Crippen molar-refractivity contribution in [2.75, 3.05) is 13.2 Å². The van der Waals surface area contributed by atoms with E-state index in [-0.39, 0.29) is 17.2 Å². The molecular weight excluding hydrogens is 254 g/mol. The zero-order chi connectivity index (χ0) is 11.7. The van der Waals surface area contributed by atoms with Crippen LogP contribution in [0, 0.1) is 5.82 Å². The summed E-state index contributed by atoms with van der Waals surface area (Å²) in [5.74, 6) is -0.487. The molecule has 1 heterocycles. The Hall–Kier alpha value is -0.350. The number of ether oxygens (including phenoxy) is 2. The van der Waals surface area contributed by atoms with E-state index >= 15 is 0 Å². The molecule has 0 bridgehead atoms. The monoisotopic (exact) mass is 264 g/mol. The van der Waals surface area contributed by atoms with E-state index in [9.17, 15) is 4.39 Å². The molecule has 0 spiro atoms. The third kappa shape index (κ3) is 2.86. The van der Waals surface area contributed by atoms with Gasteiger partial charge in [-0.05, 0) is 19.1 Å². The number of halogens is 3. The first-order chi connectivity index (χ1) is 7.58. The first-order valence-electron chi connectivity index (χ1n) is 4.95. The fourth-order valence-electron chi connectivity index (χ4n) is 1.36. The lowest BCUT2D eigenvalue weighted by Gasteiger charge is -2.14. The van der Waals surface area contributed by atoms with Crippen LogP contribution in [-0.2, 0) is 9.47 Å². The highest BCUT2D eigenvalue weighted by atomic mass is 35.5. The molecular formula is C11H11Cl2FO2. The molecule has 1 saturated heterocycles. The molecule has 1 aliphatic heterocycles. The fourth-order valence-corrected chi connectivity index (χ4v) is 1.89. The molecule has 2 nitrogen and oxygen atoms in total. The Balaban J connectivity index is 2.08. The van der Waals surface area contributed by atoms with E-state index in [1.807, 2.05) is 6.92 Å². The van der Waals surface area contributed by atoms with Crippen LogP contribution in [0.25, 0.3) is 0 Å². The number of rotatable bonds is 4. The molecule has 0 aromatic heterocycles. The summed E-state index contributed by atoms with van der Waals surface area (Å²) in [6, 6.07) is 2.70. The second-order valence-corrected chi connectivity index (χ2v) is 4.53. The average Bonchev–Trinajstić information content (AvgIpc) is 3.03. The van der Waals surface area contributed by atoms with Gasteiger partial charge >= 0.3 is 0 Å². The van der Waals surface area contributed by atoms with Crippen LogP contribution >= 0.6 is 23.2 Å². The van der Waals surface area contributed by atoms with Crippen LogP contribution in [0.1, 0.15) is 18.6 Å². The second kappa shape index (κ2) is 4.88. The summed E-state index contributed by atoms with van der Waals surface area (Å²) in [4.78, 5) is 0. The number of hydrogen-bond donors (Lipinski definition) is 0. The molecule has 5 heteroatoms. The van der Waals surface area contributed by atoms with Gasteiger partial charge in [-0.15, -0.1) is 0 Å². The van der Waals surface area contributed by atoms with Crippen LogP contribution < -0.4 is 0 Å². The maximum Gasteiger partial charge on any atom is 0.142 e. The van der Waals surface area contributed by atoms with Crippen LogP contribution in [0.4, 0.5) is 4.39 Å². The molecule has 2 atom stereocenters. The Morgan fingerprint density at radius 1 is 1.50 bits per heavy atom. The van der Waals surface area contributed by atoms with Gasteiger partial charge in [-0.2, -0.15) is 0 Å². The highest BCUT2D eigenvalue weighted by molar-refractivity contribution is 6.35. The van der Waals surface area contributed by atoms with Crippen molar-refractivity contribution in [3.8, 4) is 0 Å². The fraction of sp³-hybridized carbons (Fsp3) is 0.455. The van der Waals surface area contributed by atoms with Gasteiger partial charge in [0.2, 0.25) is 0 Å². The van der Waals surface area contributed by atoms with Gasteiger partial charge in [0.05, 0.1) is 24.3 Å². The van der Waals surface area contributed by atoms with Gasteiger partial charge in [-0.25, -0.2) is 4.39 Å². The predicted octanol–water partition coefficient (Wildman–Crippen LogP) is 3.61. The second-order valence-electron chi connectivity index (χ2n) is 3.72. The first kappa shape index (κ1) is 12.1.